The number of hydrazine groups is 1. The number of thiazole rings is 1. The fourth-order valence-electron chi connectivity index (χ4n) is 2.36. The Bertz CT molecular complexity index is 708. The van der Waals surface area contributed by atoms with Gasteiger partial charge in [0, 0.05) is 16.9 Å². The highest BCUT2D eigenvalue weighted by atomic mass is 79.9. The number of benzene rings is 2. The number of rotatable bonds is 5. The van der Waals surface area contributed by atoms with Crippen molar-refractivity contribution in [2.75, 3.05) is 0 Å². The Morgan fingerprint density at radius 1 is 1.14 bits per heavy atom. The third-order valence-electron chi connectivity index (χ3n) is 3.37. The second kappa shape index (κ2) is 6.66. The van der Waals surface area contributed by atoms with Crippen LogP contribution >= 0.6 is 27.3 Å². The number of hydrogen-bond acceptors (Lipinski definition) is 4. The van der Waals surface area contributed by atoms with E-state index < -0.39 is 0 Å². The molecule has 3 N–H and O–H groups in total. The number of nitrogens with two attached hydrogens (primary N) is 1. The highest BCUT2D eigenvalue weighted by Crippen LogP contribution is 2.23. The minimum Gasteiger partial charge on any atom is -0.271 e. The van der Waals surface area contributed by atoms with Crippen LogP contribution in [0.2, 0.25) is 0 Å². The van der Waals surface area contributed by atoms with Crippen molar-refractivity contribution in [2.45, 2.75) is 18.9 Å². The van der Waals surface area contributed by atoms with Gasteiger partial charge in [-0.15, -0.1) is 11.3 Å². The van der Waals surface area contributed by atoms with E-state index in [4.69, 9.17) is 5.84 Å². The van der Waals surface area contributed by atoms with Crippen LogP contribution in [0.3, 0.4) is 0 Å². The van der Waals surface area contributed by atoms with Crippen LogP contribution in [0, 0.1) is 0 Å². The quantitative estimate of drug-likeness (QED) is 0.538. The number of nitrogens with one attached hydrogen (secondary N) is 1. The summed E-state index contributed by atoms with van der Waals surface area (Å²) in [5.41, 5.74) is 5.24. The molecule has 21 heavy (non-hydrogen) atoms. The van der Waals surface area contributed by atoms with Gasteiger partial charge in [0.15, 0.2) is 0 Å². The molecule has 2 aromatic carbocycles. The van der Waals surface area contributed by atoms with Crippen molar-refractivity contribution in [3.05, 3.63) is 63.6 Å². The molecule has 0 bridgehead atoms. The zero-order valence-corrected chi connectivity index (χ0v) is 13.8. The summed E-state index contributed by atoms with van der Waals surface area (Å²) in [4.78, 5) is 4.67. The fourth-order valence-corrected chi connectivity index (χ4v) is 3.85. The van der Waals surface area contributed by atoms with Crippen molar-refractivity contribution in [3.63, 3.8) is 0 Å². The standard InChI is InChI=1S/C16H16BrN3S/c17-12-5-3-4-11(8-12)9-13(20-18)10-16-19-14-6-1-2-7-15(14)21-16/h1-8,13,20H,9-10,18H2. The third-order valence-corrected chi connectivity index (χ3v) is 4.92. The molecule has 0 aliphatic carbocycles. The Morgan fingerprint density at radius 2 is 2.00 bits per heavy atom. The summed E-state index contributed by atoms with van der Waals surface area (Å²) in [7, 11) is 0. The van der Waals surface area contributed by atoms with Gasteiger partial charge in [-0.05, 0) is 36.2 Å². The van der Waals surface area contributed by atoms with E-state index in [1.807, 2.05) is 24.3 Å². The second-order valence-electron chi connectivity index (χ2n) is 4.98. The minimum atomic E-state index is 0.180. The smallest absolute Gasteiger partial charge is 0.0954 e. The first-order valence-electron chi connectivity index (χ1n) is 6.79. The molecular formula is C16H16BrN3S. The zero-order valence-electron chi connectivity index (χ0n) is 11.4. The number of para-hydroxylation sites is 1. The molecule has 1 atom stereocenters. The number of fused-ring (bicyclic) bond motifs is 1. The van der Waals surface area contributed by atoms with Crippen LogP contribution in [0.25, 0.3) is 10.2 Å². The van der Waals surface area contributed by atoms with Crippen LogP contribution in [0.1, 0.15) is 10.6 Å². The van der Waals surface area contributed by atoms with Gasteiger partial charge in [0.2, 0.25) is 0 Å². The molecule has 1 unspecified atom stereocenters. The summed E-state index contributed by atoms with van der Waals surface area (Å²) in [6, 6.07) is 16.7. The van der Waals surface area contributed by atoms with E-state index in [-0.39, 0.29) is 6.04 Å². The summed E-state index contributed by atoms with van der Waals surface area (Å²) in [6.07, 6.45) is 1.72. The largest absolute Gasteiger partial charge is 0.271 e. The number of hydrogen-bond donors (Lipinski definition) is 2. The minimum absolute atomic E-state index is 0.180. The van der Waals surface area contributed by atoms with Gasteiger partial charge in [0.1, 0.15) is 0 Å². The van der Waals surface area contributed by atoms with E-state index in [1.165, 1.54) is 10.3 Å². The predicted molar refractivity (Wildman–Crippen MR) is 92.3 cm³/mol. The molecule has 5 heteroatoms. The van der Waals surface area contributed by atoms with Crippen molar-refractivity contribution in [1.29, 1.82) is 0 Å². The number of halogens is 1. The predicted octanol–water partition coefficient (Wildman–Crippen LogP) is 3.68. The van der Waals surface area contributed by atoms with Crippen LogP contribution in [-0.4, -0.2) is 11.0 Å². The van der Waals surface area contributed by atoms with Crippen molar-refractivity contribution in [1.82, 2.24) is 10.4 Å². The van der Waals surface area contributed by atoms with Gasteiger partial charge in [-0.3, -0.25) is 11.3 Å². The van der Waals surface area contributed by atoms with Crippen LogP contribution < -0.4 is 11.3 Å². The van der Waals surface area contributed by atoms with Gasteiger partial charge in [-0.25, -0.2) is 4.98 Å². The number of nitrogens with zero attached hydrogens (tertiary/aromatic N) is 1. The summed E-state index contributed by atoms with van der Waals surface area (Å²) >= 11 is 5.24. The highest BCUT2D eigenvalue weighted by molar-refractivity contribution is 9.10. The first kappa shape index (κ1) is 14.7. The van der Waals surface area contributed by atoms with E-state index in [9.17, 15) is 0 Å². The molecule has 3 nitrogen and oxygen atoms in total. The Morgan fingerprint density at radius 3 is 2.76 bits per heavy atom. The summed E-state index contributed by atoms with van der Waals surface area (Å²) in [5.74, 6) is 5.72. The van der Waals surface area contributed by atoms with E-state index >= 15 is 0 Å². The molecule has 0 saturated carbocycles. The van der Waals surface area contributed by atoms with E-state index in [0.29, 0.717) is 0 Å². The van der Waals surface area contributed by atoms with Gasteiger partial charge in [0.05, 0.1) is 15.2 Å². The summed E-state index contributed by atoms with van der Waals surface area (Å²) in [5, 5.41) is 1.12. The number of aromatic nitrogens is 1. The maximum Gasteiger partial charge on any atom is 0.0954 e. The van der Waals surface area contributed by atoms with Crippen molar-refractivity contribution < 1.29 is 0 Å². The molecule has 0 amide bonds. The lowest BCUT2D eigenvalue weighted by Gasteiger charge is -2.14. The Hall–Kier alpha value is -1.27. The molecule has 3 rings (SSSR count). The SMILES string of the molecule is NNC(Cc1cccc(Br)c1)Cc1nc2ccccc2s1. The van der Waals surface area contributed by atoms with Crippen LogP contribution in [0.15, 0.2) is 53.0 Å². The van der Waals surface area contributed by atoms with Gasteiger partial charge >= 0.3 is 0 Å². The maximum absolute atomic E-state index is 5.72. The molecule has 108 valence electrons. The molecule has 0 aliphatic rings. The van der Waals surface area contributed by atoms with Crippen LogP contribution in [0.4, 0.5) is 0 Å². The van der Waals surface area contributed by atoms with E-state index in [2.05, 4.69) is 50.6 Å². The Balaban J connectivity index is 1.74. The fraction of sp³-hybridized carbons (Fsp3) is 0.188. The lowest BCUT2D eigenvalue weighted by molar-refractivity contribution is 0.522. The van der Waals surface area contributed by atoms with Crippen LogP contribution in [0.5, 0.6) is 0 Å². The molecule has 0 radical (unpaired) electrons. The monoisotopic (exact) mass is 361 g/mol. The zero-order chi connectivity index (χ0) is 14.7. The molecule has 0 fully saturated rings. The van der Waals surface area contributed by atoms with Crippen molar-refractivity contribution in [2.24, 2.45) is 5.84 Å². The third kappa shape index (κ3) is 3.68. The molecule has 1 aromatic heterocycles. The lowest BCUT2D eigenvalue weighted by atomic mass is 10.0. The van der Waals surface area contributed by atoms with E-state index in [0.717, 1.165) is 27.8 Å². The molecule has 3 aromatic rings. The molecule has 0 aliphatic heterocycles. The highest BCUT2D eigenvalue weighted by Gasteiger charge is 2.12. The van der Waals surface area contributed by atoms with Crippen molar-refractivity contribution >= 4 is 37.5 Å². The van der Waals surface area contributed by atoms with Crippen LogP contribution in [-0.2, 0) is 12.8 Å². The lowest BCUT2D eigenvalue weighted by Crippen LogP contribution is -2.38. The first-order valence-corrected chi connectivity index (χ1v) is 8.40. The summed E-state index contributed by atoms with van der Waals surface area (Å²) in [6.45, 7) is 0. The molecular weight excluding hydrogens is 346 g/mol. The van der Waals surface area contributed by atoms with E-state index in [1.54, 1.807) is 11.3 Å². The van der Waals surface area contributed by atoms with Crippen molar-refractivity contribution in [3.8, 4) is 0 Å². The Labute approximate surface area is 136 Å². The normalized spacial score (nSPS) is 12.7. The average molecular weight is 362 g/mol. The average Bonchev–Trinajstić information content (AvgIpc) is 2.89. The van der Waals surface area contributed by atoms with Gasteiger partial charge in [0.25, 0.3) is 0 Å². The Kier molecular flexibility index (Phi) is 4.65. The first-order chi connectivity index (χ1) is 10.2. The molecule has 0 saturated heterocycles. The molecule has 0 spiro atoms. The topological polar surface area (TPSA) is 50.9 Å². The van der Waals surface area contributed by atoms with Gasteiger partial charge in [-0.1, -0.05) is 40.2 Å². The molecule has 1 heterocycles. The second-order valence-corrected chi connectivity index (χ2v) is 7.01. The maximum atomic E-state index is 5.72. The van der Waals surface area contributed by atoms with Gasteiger partial charge < -0.3 is 0 Å². The van der Waals surface area contributed by atoms with Gasteiger partial charge in [-0.2, -0.15) is 0 Å². The summed E-state index contributed by atoms with van der Waals surface area (Å²) < 4.78 is 2.32.